The van der Waals surface area contributed by atoms with Crippen LogP contribution in [0, 0.1) is 24.2 Å². The number of nitrogens with one attached hydrogen (secondary N) is 1. The molecule has 5 rings (SSSR count). The molecule has 0 saturated carbocycles. The van der Waals surface area contributed by atoms with Crippen molar-refractivity contribution in [2.24, 2.45) is 11.1 Å². The largest absolute Gasteiger partial charge is 0.444 e. The Kier molecular flexibility index (Phi) is 9.01. The van der Waals surface area contributed by atoms with E-state index in [9.17, 15) is 22.8 Å². The molecule has 47 heavy (non-hydrogen) atoms. The number of benzene rings is 2. The summed E-state index contributed by atoms with van der Waals surface area (Å²) in [6.45, 7) is 8.55. The molecule has 0 bridgehead atoms. The van der Waals surface area contributed by atoms with E-state index in [1.165, 1.54) is 12.1 Å². The Balaban J connectivity index is 1.46. The van der Waals surface area contributed by atoms with Gasteiger partial charge in [-0.1, -0.05) is 38.3 Å². The highest BCUT2D eigenvalue weighted by molar-refractivity contribution is 6.31. The van der Waals surface area contributed by atoms with Crippen molar-refractivity contribution in [2.45, 2.75) is 58.9 Å². The SMILES string of the molecule is Cc1c(C#Cc2cnc3ccc(N4CCCC(OC(N)=O)[C@@H]4C(C)(C)C)nn23)cc(N)cc1C(=O)Nc1cc(Cl)cc(C(F)(F)F)c1. The molecule has 10 nitrogen and oxygen atoms in total. The van der Waals surface area contributed by atoms with E-state index in [-0.39, 0.29) is 33.4 Å². The molecule has 0 radical (unpaired) electrons. The molecule has 1 aliphatic heterocycles. The molecule has 1 unspecified atom stereocenters. The highest BCUT2D eigenvalue weighted by Crippen LogP contribution is 2.37. The number of amides is 2. The Bertz CT molecular complexity index is 1920. The van der Waals surface area contributed by atoms with Crippen molar-refractivity contribution in [2.75, 3.05) is 22.5 Å². The molecule has 3 heterocycles. The fourth-order valence-corrected chi connectivity index (χ4v) is 6.11. The number of imidazole rings is 1. The lowest BCUT2D eigenvalue weighted by Crippen LogP contribution is -2.57. The molecule has 1 fully saturated rings. The van der Waals surface area contributed by atoms with E-state index in [0.717, 1.165) is 18.6 Å². The van der Waals surface area contributed by atoms with Crippen molar-refractivity contribution >= 4 is 46.4 Å². The predicted molar refractivity (Wildman–Crippen MR) is 173 cm³/mol. The summed E-state index contributed by atoms with van der Waals surface area (Å²) in [5.74, 6) is 6.07. The first-order valence-corrected chi connectivity index (χ1v) is 15.1. The number of fused-ring (bicyclic) bond motifs is 1. The third kappa shape index (κ3) is 7.38. The molecule has 2 aromatic carbocycles. The van der Waals surface area contributed by atoms with Crippen molar-refractivity contribution in [1.82, 2.24) is 14.6 Å². The Labute approximate surface area is 274 Å². The molecule has 1 aliphatic rings. The van der Waals surface area contributed by atoms with Gasteiger partial charge < -0.3 is 26.4 Å². The number of piperidine rings is 1. The maximum Gasteiger partial charge on any atom is 0.416 e. The van der Waals surface area contributed by atoms with Gasteiger partial charge in [-0.2, -0.15) is 13.2 Å². The fraction of sp³-hybridized carbons (Fsp3) is 0.333. The van der Waals surface area contributed by atoms with E-state index < -0.39 is 29.8 Å². The van der Waals surface area contributed by atoms with Crippen LogP contribution in [0.5, 0.6) is 0 Å². The average Bonchev–Trinajstić information content (AvgIpc) is 3.37. The van der Waals surface area contributed by atoms with Gasteiger partial charge in [0.2, 0.25) is 0 Å². The second kappa shape index (κ2) is 12.7. The number of hydrogen-bond donors (Lipinski definition) is 3. The second-order valence-corrected chi connectivity index (χ2v) is 12.8. The normalized spacial score (nSPS) is 16.8. The number of carbonyl (C=O) groups excluding carboxylic acids is 2. The van der Waals surface area contributed by atoms with Gasteiger partial charge in [0.05, 0.1) is 17.8 Å². The van der Waals surface area contributed by atoms with Crippen LogP contribution in [0.25, 0.3) is 5.65 Å². The lowest BCUT2D eigenvalue weighted by atomic mass is 9.78. The molecule has 5 N–H and O–H groups in total. The van der Waals surface area contributed by atoms with Gasteiger partial charge in [0.25, 0.3) is 5.91 Å². The Morgan fingerprint density at radius 3 is 2.53 bits per heavy atom. The minimum atomic E-state index is -4.64. The zero-order valence-electron chi connectivity index (χ0n) is 26.1. The van der Waals surface area contributed by atoms with Crippen LogP contribution in [0.15, 0.2) is 48.7 Å². The first kappa shape index (κ1) is 33.4. The maximum absolute atomic E-state index is 13.3. The summed E-state index contributed by atoms with van der Waals surface area (Å²) >= 11 is 5.88. The number of halogens is 4. The van der Waals surface area contributed by atoms with Gasteiger partial charge in [0, 0.05) is 34.1 Å². The minimum Gasteiger partial charge on any atom is -0.444 e. The number of hydrogen-bond acceptors (Lipinski definition) is 7. The topological polar surface area (TPSA) is 141 Å². The molecular formula is C33H33ClF3N7O3. The maximum atomic E-state index is 13.3. The smallest absolute Gasteiger partial charge is 0.416 e. The third-order valence-corrected chi connectivity index (χ3v) is 8.07. The predicted octanol–water partition coefficient (Wildman–Crippen LogP) is 6.42. The number of carbonyl (C=O) groups is 2. The number of primary amides is 1. The highest BCUT2D eigenvalue weighted by Gasteiger charge is 2.42. The van der Waals surface area contributed by atoms with Crippen LogP contribution < -0.4 is 21.7 Å². The lowest BCUT2D eigenvalue weighted by Gasteiger charge is -2.47. The molecule has 2 aromatic heterocycles. The lowest BCUT2D eigenvalue weighted by molar-refractivity contribution is -0.137. The number of ether oxygens (including phenoxy) is 1. The Morgan fingerprint density at radius 2 is 1.85 bits per heavy atom. The van der Waals surface area contributed by atoms with Gasteiger partial charge in [-0.25, -0.2) is 14.3 Å². The van der Waals surface area contributed by atoms with E-state index in [4.69, 9.17) is 32.9 Å². The quantitative estimate of drug-likeness (QED) is 0.168. The van der Waals surface area contributed by atoms with Crippen LogP contribution in [0.2, 0.25) is 5.02 Å². The molecule has 0 aliphatic carbocycles. The molecule has 1 saturated heterocycles. The van der Waals surface area contributed by atoms with Gasteiger partial charge in [-0.15, -0.1) is 5.10 Å². The van der Waals surface area contributed by atoms with Gasteiger partial charge >= 0.3 is 12.3 Å². The number of nitrogens with zero attached hydrogens (tertiary/aromatic N) is 4. The van der Waals surface area contributed by atoms with Gasteiger partial charge in [0.1, 0.15) is 17.6 Å². The van der Waals surface area contributed by atoms with E-state index in [1.807, 2.05) is 12.1 Å². The summed E-state index contributed by atoms with van der Waals surface area (Å²) in [4.78, 5) is 31.4. The number of nitrogen functional groups attached to an aromatic ring is 1. The number of rotatable bonds is 4. The van der Waals surface area contributed by atoms with E-state index in [0.29, 0.717) is 41.3 Å². The molecule has 4 aromatic rings. The van der Waals surface area contributed by atoms with Crippen LogP contribution >= 0.6 is 11.6 Å². The molecule has 2 amide bonds. The Hall–Kier alpha value is -4.96. The monoisotopic (exact) mass is 667 g/mol. The number of aromatic nitrogens is 3. The van der Waals surface area contributed by atoms with Crippen molar-refractivity contribution < 1.29 is 27.5 Å². The van der Waals surface area contributed by atoms with Crippen LogP contribution in [0.4, 0.5) is 35.2 Å². The standard InChI is InChI=1S/C33H33ClF3N7O3/c1-18-19(12-22(38)16-25(18)30(45)41-23-14-20(33(35,36)37)13-21(34)15-23)7-8-24-17-40-27-9-10-28(42-44(24)27)43-11-5-6-26(47-31(39)46)29(43)32(2,3)4/h9-10,12-17,26,29H,5-6,11,38H2,1-4H3,(H2,39,46)(H,41,45)/t26?,29-/m1/s1. The summed E-state index contributed by atoms with van der Waals surface area (Å²) in [5.41, 5.74) is 12.4. The molecule has 14 heteroatoms. The van der Waals surface area contributed by atoms with Crippen LogP contribution in [-0.4, -0.2) is 45.3 Å². The van der Waals surface area contributed by atoms with Crippen LogP contribution in [-0.2, 0) is 10.9 Å². The highest BCUT2D eigenvalue weighted by atomic mass is 35.5. The van der Waals surface area contributed by atoms with Gasteiger partial charge in [-0.3, -0.25) is 4.79 Å². The minimum absolute atomic E-state index is 0.119. The first-order valence-electron chi connectivity index (χ1n) is 14.7. The van der Waals surface area contributed by atoms with Crippen LogP contribution in [0.3, 0.4) is 0 Å². The van der Waals surface area contributed by atoms with Crippen molar-refractivity contribution in [1.29, 1.82) is 0 Å². The average molecular weight is 668 g/mol. The van der Waals surface area contributed by atoms with Crippen molar-refractivity contribution in [3.63, 3.8) is 0 Å². The fourth-order valence-electron chi connectivity index (χ4n) is 5.87. The summed E-state index contributed by atoms with van der Waals surface area (Å²) in [6, 6.07) is 9.31. The Morgan fingerprint density at radius 1 is 1.11 bits per heavy atom. The number of nitrogens with two attached hydrogens (primary N) is 2. The second-order valence-electron chi connectivity index (χ2n) is 12.4. The van der Waals surface area contributed by atoms with Gasteiger partial charge in [-0.05, 0) is 79.1 Å². The number of anilines is 3. The van der Waals surface area contributed by atoms with E-state index in [2.05, 4.69) is 47.8 Å². The molecular weight excluding hydrogens is 635 g/mol. The number of alkyl halides is 3. The summed E-state index contributed by atoms with van der Waals surface area (Å²) in [5, 5.41) is 7.14. The molecule has 2 atom stereocenters. The van der Waals surface area contributed by atoms with Crippen molar-refractivity contribution in [3.8, 4) is 11.8 Å². The summed E-state index contributed by atoms with van der Waals surface area (Å²) in [6.07, 6.45) is -2.85. The zero-order chi connectivity index (χ0) is 34.3. The van der Waals surface area contributed by atoms with E-state index in [1.54, 1.807) is 23.7 Å². The molecule has 246 valence electrons. The third-order valence-electron chi connectivity index (χ3n) is 7.86. The van der Waals surface area contributed by atoms with Crippen LogP contribution in [0.1, 0.15) is 66.4 Å². The van der Waals surface area contributed by atoms with Gasteiger partial charge in [0.15, 0.2) is 5.65 Å². The summed E-state index contributed by atoms with van der Waals surface area (Å²) < 4.78 is 46.9. The zero-order valence-corrected chi connectivity index (χ0v) is 26.8. The molecule has 0 spiro atoms. The van der Waals surface area contributed by atoms with Crippen molar-refractivity contribution in [3.05, 3.63) is 81.6 Å². The first-order chi connectivity index (χ1) is 22.0. The van der Waals surface area contributed by atoms with E-state index >= 15 is 0 Å². The summed E-state index contributed by atoms with van der Waals surface area (Å²) in [7, 11) is 0.